The Labute approximate surface area is 133 Å². The molecule has 0 atom stereocenters. The van der Waals surface area contributed by atoms with Gasteiger partial charge in [0.05, 0.1) is 32.9 Å². The quantitative estimate of drug-likeness (QED) is 0.594. The minimum Gasteiger partial charge on any atom is -0.325 e. The number of imidazole rings is 1. The second-order valence-electron chi connectivity index (χ2n) is 6.07. The second kappa shape index (κ2) is 6.02. The summed E-state index contributed by atoms with van der Waals surface area (Å²) in [6.07, 6.45) is 4.83. The lowest BCUT2D eigenvalue weighted by atomic mass is 10.3. The minimum atomic E-state index is -0.352. The summed E-state index contributed by atoms with van der Waals surface area (Å²) in [5, 5.41) is 3.46. The summed E-state index contributed by atoms with van der Waals surface area (Å²) in [6.45, 7) is 2.65. The summed E-state index contributed by atoms with van der Waals surface area (Å²) in [5.41, 5.74) is 0.282. The van der Waals surface area contributed by atoms with Crippen molar-refractivity contribution in [2.45, 2.75) is 25.8 Å². The van der Waals surface area contributed by atoms with Gasteiger partial charge in [-0.25, -0.2) is 9.78 Å². The fourth-order valence-electron chi connectivity index (χ4n) is 3.08. The molecule has 23 heavy (non-hydrogen) atoms. The van der Waals surface area contributed by atoms with E-state index >= 15 is 0 Å². The first kappa shape index (κ1) is 15.5. The molecule has 0 unspecified atom stereocenters. The number of aromatic nitrogens is 4. The molecule has 2 aromatic rings. The Bertz CT molecular complexity index is 886. The molecule has 8 nitrogen and oxygen atoms in total. The summed E-state index contributed by atoms with van der Waals surface area (Å²) < 4.78 is 6.62. The Hall–Kier alpha value is -2.38. The van der Waals surface area contributed by atoms with Crippen LogP contribution >= 0.6 is 0 Å². The highest BCUT2D eigenvalue weighted by Crippen LogP contribution is 2.06. The molecule has 0 radical (unpaired) electrons. The third kappa shape index (κ3) is 2.69. The van der Waals surface area contributed by atoms with Gasteiger partial charge in [0.2, 0.25) is 5.84 Å². The summed E-state index contributed by atoms with van der Waals surface area (Å²) >= 11 is 0. The Kier molecular flexibility index (Phi) is 4.06. The van der Waals surface area contributed by atoms with Crippen LogP contribution in [0.3, 0.4) is 0 Å². The van der Waals surface area contributed by atoms with Gasteiger partial charge in [-0.3, -0.25) is 23.8 Å². The van der Waals surface area contributed by atoms with E-state index < -0.39 is 0 Å². The largest absolute Gasteiger partial charge is 0.332 e. The lowest BCUT2D eigenvalue weighted by molar-refractivity contribution is -0.490. The molecular formula is C15H23N6O2+. The maximum Gasteiger partial charge on any atom is 0.332 e. The first-order chi connectivity index (χ1) is 11.0. The van der Waals surface area contributed by atoms with Crippen molar-refractivity contribution in [3.8, 4) is 0 Å². The van der Waals surface area contributed by atoms with E-state index in [1.807, 2.05) is 4.57 Å². The first-order valence-corrected chi connectivity index (χ1v) is 7.92. The molecule has 0 aromatic carbocycles. The highest BCUT2D eigenvalue weighted by molar-refractivity contribution is 5.78. The zero-order valence-electron chi connectivity index (χ0n) is 13.9. The predicted octanol–water partition coefficient (Wildman–Crippen LogP) is -0.752. The smallest absolute Gasteiger partial charge is 0.325 e. The van der Waals surface area contributed by atoms with Crippen molar-refractivity contribution >= 4 is 17.0 Å². The van der Waals surface area contributed by atoms with Crippen LogP contribution in [0.25, 0.3) is 11.2 Å². The van der Waals surface area contributed by atoms with Crippen molar-refractivity contribution in [2.24, 2.45) is 14.1 Å². The van der Waals surface area contributed by atoms with Crippen LogP contribution in [0.15, 0.2) is 15.9 Å². The van der Waals surface area contributed by atoms with Crippen molar-refractivity contribution in [2.75, 3.05) is 20.1 Å². The SMILES string of the molecule is Cn1c(=O)c2c(ncn2CCCNC2=[N+](C)CCC2)n(C)c1=O. The van der Waals surface area contributed by atoms with Crippen molar-refractivity contribution in [1.29, 1.82) is 0 Å². The lowest BCUT2D eigenvalue weighted by Gasteiger charge is -2.06. The maximum absolute atomic E-state index is 12.3. The van der Waals surface area contributed by atoms with Crippen molar-refractivity contribution in [1.82, 2.24) is 24.0 Å². The molecule has 1 aliphatic heterocycles. The molecular weight excluding hydrogens is 296 g/mol. The molecule has 3 heterocycles. The third-order valence-corrected chi connectivity index (χ3v) is 4.49. The maximum atomic E-state index is 12.3. The highest BCUT2D eigenvalue weighted by Gasteiger charge is 2.17. The summed E-state index contributed by atoms with van der Waals surface area (Å²) in [4.78, 5) is 28.5. The molecule has 124 valence electrons. The Morgan fingerprint density at radius 2 is 2.09 bits per heavy atom. The van der Waals surface area contributed by atoms with Crippen molar-refractivity contribution in [3.63, 3.8) is 0 Å². The van der Waals surface area contributed by atoms with E-state index in [1.54, 1.807) is 13.4 Å². The van der Waals surface area contributed by atoms with E-state index in [-0.39, 0.29) is 11.2 Å². The minimum absolute atomic E-state index is 0.293. The topological polar surface area (TPSA) is 76.9 Å². The highest BCUT2D eigenvalue weighted by atomic mass is 16.2. The van der Waals surface area contributed by atoms with Gasteiger partial charge in [-0.05, 0) is 6.42 Å². The zero-order chi connectivity index (χ0) is 16.6. The number of amidine groups is 1. The van der Waals surface area contributed by atoms with E-state index in [0.717, 1.165) is 30.5 Å². The van der Waals surface area contributed by atoms with Crippen LogP contribution < -0.4 is 16.6 Å². The van der Waals surface area contributed by atoms with Gasteiger partial charge < -0.3 is 4.57 Å². The predicted molar refractivity (Wildman–Crippen MR) is 88.1 cm³/mol. The first-order valence-electron chi connectivity index (χ1n) is 7.92. The van der Waals surface area contributed by atoms with Crippen LogP contribution in [0.2, 0.25) is 0 Å². The van der Waals surface area contributed by atoms with Gasteiger partial charge in [0, 0.05) is 27.1 Å². The molecule has 0 aliphatic carbocycles. The summed E-state index contributed by atoms with van der Waals surface area (Å²) in [5.74, 6) is 1.29. The molecule has 1 aliphatic rings. The van der Waals surface area contributed by atoms with Gasteiger partial charge in [0.25, 0.3) is 5.56 Å². The molecule has 0 bridgehead atoms. The van der Waals surface area contributed by atoms with Crippen LogP contribution in [-0.2, 0) is 20.6 Å². The van der Waals surface area contributed by atoms with Gasteiger partial charge >= 0.3 is 5.69 Å². The molecule has 3 rings (SSSR count). The number of rotatable bonds is 4. The number of nitrogens with zero attached hydrogens (tertiary/aromatic N) is 5. The standard InChI is InChI=1S/C15H22N6O2/c1-18-8-4-6-11(18)16-7-5-9-21-10-17-13-12(21)14(22)20(3)15(23)19(13)2/h10H,4-9H2,1-3H3/p+1. The number of hydrogen-bond donors (Lipinski definition) is 1. The van der Waals surface area contributed by atoms with Crippen LogP contribution in [-0.4, -0.2) is 49.2 Å². The summed E-state index contributed by atoms with van der Waals surface area (Å²) in [6, 6.07) is 0. The van der Waals surface area contributed by atoms with E-state index in [2.05, 4.69) is 21.9 Å². The van der Waals surface area contributed by atoms with E-state index in [1.165, 1.54) is 23.9 Å². The average Bonchev–Trinajstić information content (AvgIpc) is 3.14. The van der Waals surface area contributed by atoms with Crippen LogP contribution in [0, 0.1) is 0 Å². The monoisotopic (exact) mass is 319 g/mol. The summed E-state index contributed by atoms with van der Waals surface area (Å²) in [7, 11) is 5.23. The van der Waals surface area contributed by atoms with E-state index in [0.29, 0.717) is 17.7 Å². The molecule has 0 amide bonds. The Morgan fingerprint density at radius 3 is 2.78 bits per heavy atom. The Morgan fingerprint density at radius 1 is 1.30 bits per heavy atom. The second-order valence-corrected chi connectivity index (χ2v) is 6.07. The van der Waals surface area contributed by atoms with Crippen LogP contribution in [0.1, 0.15) is 19.3 Å². The zero-order valence-corrected chi connectivity index (χ0v) is 13.9. The number of fused-ring (bicyclic) bond motifs is 1. The van der Waals surface area contributed by atoms with Crippen LogP contribution in [0.4, 0.5) is 0 Å². The van der Waals surface area contributed by atoms with Crippen molar-refractivity contribution in [3.05, 3.63) is 27.2 Å². The fraction of sp³-hybridized carbons (Fsp3) is 0.600. The van der Waals surface area contributed by atoms with Gasteiger partial charge in [-0.15, -0.1) is 0 Å². The fourth-order valence-corrected chi connectivity index (χ4v) is 3.08. The average molecular weight is 319 g/mol. The number of nitrogens with one attached hydrogen (secondary N) is 1. The molecule has 2 aromatic heterocycles. The molecule has 0 fully saturated rings. The van der Waals surface area contributed by atoms with Crippen molar-refractivity contribution < 1.29 is 4.58 Å². The number of aryl methyl sites for hydroxylation is 2. The third-order valence-electron chi connectivity index (χ3n) is 4.49. The van der Waals surface area contributed by atoms with Gasteiger partial charge in [-0.1, -0.05) is 0 Å². The molecule has 1 N–H and O–H groups in total. The number of hydrogen-bond acceptors (Lipinski definition) is 4. The van der Waals surface area contributed by atoms with Gasteiger partial charge in [-0.2, -0.15) is 0 Å². The van der Waals surface area contributed by atoms with E-state index in [4.69, 9.17) is 0 Å². The molecule has 0 saturated carbocycles. The van der Waals surface area contributed by atoms with Gasteiger partial charge in [0.1, 0.15) is 0 Å². The Balaban J connectivity index is 1.75. The normalized spacial score (nSPS) is 14.9. The van der Waals surface area contributed by atoms with E-state index in [9.17, 15) is 9.59 Å². The van der Waals surface area contributed by atoms with Crippen LogP contribution in [0.5, 0.6) is 0 Å². The molecule has 0 spiro atoms. The molecule has 0 saturated heterocycles. The van der Waals surface area contributed by atoms with Gasteiger partial charge in [0.15, 0.2) is 11.2 Å². The lowest BCUT2D eigenvalue weighted by Crippen LogP contribution is -2.37. The molecule has 8 heteroatoms.